The maximum absolute atomic E-state index is 11.8. The van der Waals surface area contributed by atoms with Gasteiger partial charge in [-0.2, -0.15) is 5.10 Å². The van der Waals surface area contributed by atoms with Crippen molar-refractivity contribution in [3.05, 3.63) is 17.0 Å². The first kappa shape index (κ1) is 18.5. The predicted octanol–water partition coefficient (Wildman–Crippen LogP) is 2.65. The van der Waals surface area contributed by atoms with Crippen LogP contribution in [0, 0.1) is 13.8 Å². The van der Waals surface area contributed by atoms with Gasteiger partial charge in [0.15, 0.2) is 0 Å². The summed E-state index contributed by atoms with van der Waals surface area (Å²) < 4.78 is 7.26. The minimum absolute atomic E-state index is 0.0278. The molecule has 0 aliphatic rings. The van der Waals surface area contributed by atoms with Gasteiger partial charge in [0, 0.05) is 36.3 Å². The number of nitrogens with zero attached hydrogens (tertiary/aromatic N) is 2. The first-order valence-corrected chi connectivity index (χ1v) is 7.79. The van der Waals surface area contributed by atoms with Gasteiger partial charge in [-0.15, -0.1) is 0 Å². The highest BCUT2D eigenvalue weighted by Crippen LogP contribution is 2.24. The third-order valence-corrected chi connectivity index (χ3v) is 3.45. The molecule has 0 spiro atoms. The number of nitrogens with one attached hydrogen (secondary N) is 1. The number of hydrogen-bond donors (Lipinski definition) is 2. The lowest BCUT2D eigenvalue weighted by Crippen LogP contribution is -2.36. The van der Waals surface area contributed by atoms with Crippen molar-refractivity contribution in [1.29, 1.82) is 0 Å². The highest BCUT2D eigenvalue weighted by Gasteiger charge is 2.23. The molecule has 6 nitrogen and oxygen atoms in total. The fourth-order valence-corrected chi connectivity index (χ4v) is 2.59. The smallest absolute Gasteiger partial charge is 0.407 e. The van der Waals surface area contributed by atoms with Crippen molar-refractivity contribution < 1.29 is 9.53 Å². The van der Waals surface area contributed by atoms with Crippen LogP contribution in [0.1, 0.15) is 63.5 Å². The van der Waals surface area contributed by atoms with Gasteiger partial charge in [0.1, 0.15) is 5.60 Å². The lowest BCUT2D eigenvalue weighted by Gasteiger charge is -2.22. The Balaban J connectivity index is 2.83. The maximum Gasteiger partial charge on any atom is 0.407 e. The number of hydrogen-bond acceptors (Lipinski definition) is 4. The van der Waals surface area contributed by atoms with Gasteiger partial charge in [-0.05, 0) is 48.5 Å². The van der Waals surface area contributed by atoms with Crippen LogP contribution in [0.25, 0.3) is 0 Å². The second-order valence-corrected chi connectivity index (χ2v) is 6.94. The van der Waals surface area contributed by atoms with Crippen LogP contribution in [0.2, 0.25) is 0 Å². The van der Waals surface area contributed by atoms with Crippen molar-refractivity contribution >= 4 is 6.09 Å². The van der Waals surface area contributed by atoms with E-state index < -0.39 is 11.7 Å². The molecule has 0 bridgehead atoms. The van der Waals surface area contributed by atoms with E-state index in [9.17, 15) is 4.79 Å². The van der Waals surface area contributed by atoms with Crippen LogP contribution in [0.15, 0.2) is 0 Å². The van der Waals surface area contributed by atoms with E-state index in [-0.39, 0.29) is 5.92 Å². The molecule has 0 aliphatic heterocycles. The Labute approximate surface area is 133 Å². The minimum Gasteiger partial charge on any atom is -0.444 e. The summed E-state index contributed by atoms with van der Waals surface area (Å²) in [6.45, 7) is 14.6. The summed E-state index contributed by atoms with van der Waals surface area (Å²) in [5.74, 6) is 0.0278. The lowest BCUT2D eigenvalue weighted by atomic mass is 9.97. The van der Waals surface area contributed by atoms with Gasteiger partial charge >= 0.3 is 6.09 Å². The Morgan fingerprint density at radius 1 is 1.36 bits per heavy atom. The van der Waals surface area contributed by atoms with Gasteiger partial charge in [0.2, 0.25) is 0 Å². The van der Waals surface area contributed by atoms with Gasteiger partial charge in [-0.3, -0.25) is 4.68 Å². The van der Waals surface area contributed by atoms with Crippen molar-refractivity contribution in [3.8, 4) is 0 Å². The molecular weight excluding hydrogens is 280 g/mol. The van der Waals surface area contributed by atoms with Crippen LogP contribution in [0.4, 0.5) is 4.79 Å². The predicted molar refractivity (Wildman–Crippen MR) is 88.1 cm³/mol. The molecule has 1 amide bonds. The van der Waals surface area contributed by atoms with Crippen LogP contribution in [0.5, 0.6) is 0 Å². The molecule has 1 atom stereocenters. The van der Waals surface area contributed by atoms with Crippen molar-refractivity contribution in [2.45, 2.75) is 66.0 Å². The summed E-state index contributed by atoms with van der Waals surface area (Å²) in [5.41, 5.74) is 8.60. The number of amides is 1. The van der Waals surface area contributed by atoms with Crippen LogP contribution in [0.3, 0.4) is 0 Å². The standard InChI is InChI=1S/C16H30N4O2/c1-10(2)20-12(4)14(11(3)19-20)13(8-17)9-18-15(21)22-16(5,6)7/h10,13H,8-9,17H2,1-7H3,(H,18,21). The Kier molecular flexibility index (Phi) is 6.00. The molecule has 0 fully saturated rings. The van der Waals surface area contributed by atoms with Crippen LogP contribution in [-0.2, 0) is 4.74 Å². The van der Waals surface area contributed by atoms with E-state index in [0.29, 0.717) is 19.1 Å². The largest absolute Gasteiger partial charge is 0.444 e. The third kappa shape index (κ3) is 4.73. The van der Waals surface area contributed by atoms with Gasteiger partial charge in [-0.1, -0.05) is 0 Å². The van der Waals surface area contributed by atoms with Gasteiger partial charge in [-0.25, -0.2) is 4.79 Å². The Morgan fingerprint density at radius 2 is 1.95 bits per heavy atom. The first-order valence-electron chi connectivity index (χ1n) is 7.79. The molecule has 0 aromatic carbocycles. The molecular formula is C16H30N4O2. The summed E-state index contributed by atoms with van der Waals surface area (Å²) in [6.07, 6.45) is -0.419. The number of aromatic nitrogens is 2. The molecule has 0 saturated heterocycles. The van der Waals surface area contributed by atoms with Crippen molar-refractivity contribution in [3.63, 3.8) is 0 Å². The van der Waals surface area contributed by atoms with Crippen LogP contribution < -0.4 is 11.1 Å². The second-order valence-electron chi connectivity index (χ2n) is 6.94. The second kappa shape index (κ2) is 7.13. The zero-order valence-corrected chi connectivity index (χ0v) is 14.9. The van der Waals surface area contributed by atoms with E-state index in [1.165, 1.54) is 0 Å². The fourth-order valence-electron chi connectivity index (χ4n) is 2.59. The molecule has 0 saturated carbocycles. The molecule has 1 aromatic heterocycles. The van der Waals surface area contributed by atoms with Crippen molar-refractivity contribution in [1.82, 2.24) is 15.1 Å². The van der Waals surface area contributed by atoms with E-state index in [0.717, 1.165) is 17.0 Å². The van der Waals surface area contributed by atoms with Gasteiger partial charge in [0.05, 0.1) is 5.69 Å². The van der Waals surface area contributed by atoms with Gasteiger partial charge in [0.25, 0.3) is 0 Å². The van der Waals surface area contributed by atoms with Crippen LogP contribution in [-0.4, -0.2) is 34.6 Å². The molecule has 1 rings (SSSR count). The number of rotatable bonds is 5. The SMILES string of the molecule is Cc1nn(C(C)C)c(C)c1C(CN)CNC(=O)OC(C)(C)C. The molecule has 1 unspecified atom stereocenters. The normalized spacial score (nSPS) is 13.3. The minimum atomic E-state index is -0.503. The van der Waals surface area contributed by atoms with E-state index in [1.807, 2.05) is 39.3 Å². The molecule has 1 heterocycles. The summed E-state index contributed by atoms with van der Waals surface area (Å²) >= 11 is 0. The monoisotopic (exact) mass is 310 g/mol. The van der Waals surface area contributed by atoms with Crippen molar-refractivity contribution in [2.24, 2.45) is 5.73 Å². The zero-order chi connectivity index (χ0) is 17.1. The van der Waals surface area contributed by atoms with Gasteiger partial charge < -0.3 is 15.8 Å². The number of carbonyl (C=O) groups is 1. The summed E-state index contributed by atoms with van der Waals surface area (Å²) in [6, 6.07) is 0.296. The highest BCUT2D eigenvalue weighted by molar-refractivity contribution is 5.67. The number of carbonyl (C=O) groups excluding carboxylic acids is 1. The molecule has 0 aliphatic carbocycles. The quantitative estimate of drug-likeness (QED) is 0.876. The lowest BCUT2D eigenvalue weighted by molar-refractivity contribution is 0.0524. The number of nitrogens with two attached hydrogens (primary N) is 1. The molecule has 1 aromatic rings. The summed E-state index contributed by atoms with van der Waals surface area (Å²) in [4.78, 5) is 11.8. The molecule has 126 valence electrons. The van der Waals surface area contributed by atoms with Crippen LogP contribution >= 0.6 is 0 Å². The average Bonchev–Trinajstić information content (AvgIpc) is 2.65. The summed E-state index contributed by atoms with van der Waals surface area (Å²) in [7, 11) is 0. The maximum atomic E-state index is 11.8. The number of ether oxygens (including phenoxy) is 1. The first-order chi connectivity index (χ1) is 10.1. The zero-order valence-electron chi connectivity index (χ0n) is 14.9. The van der Waals surface area contributed by atoms with E-state index in [4.69, 9.17) is 10.5 Å². The average molecular weight is 310 g/mol. The van der Waals surface area contributed by atoms with Crippen molar-refractivity contribution in [2.75, 3.05) is 13.1 Å². The topological polar surface area (TPSA) is 82.2 Å². The molecule has 0 radical (unpaired) electrons. The third-order valence-electron chi connectivity index (χ3n) is 3.45. The fraction of sp³-hybridized carbons (Fsp3) is 0.750. The Morgan fingerprint density at radius 3 is 2.36 bits per heavy atom. The Bertz CT molecular complexity index is 515. The summed E-state index contributed by atoms with van der Waals surface area (Å²) in [5, 5.41) is 7.39. The molecule has 3 N–H and O–H groups in total. The molecule has 6 heteroatoms. The molecule has 22 heavy (non-hydrogen) atoms. The van der Waals surface area contributed by atoms with E-state index in [2.05, 4.69) is 24.3 Å². The highest BCUT2D eigenvalue weighted by atomic mass is 16.6. The number of alkyl carbamates (subject to hydrolysis) is 1. The van der Waals surface area contributed by atoms with E-state index in [1.54, 1.807) is 0 Å². The number of aryl methyl sites for hydroxylation is 1. The Hall–Kier alpha value is -1.56. The van der Waals surface area contributed by atoms with E-state index >= 15 is 0 Å².